The van der Waals surface area contributed by atoms with E-state index in [2.05, 4.69) is 5.32 Å². The molecule has 0 aliphatic rings. The van der Waals surface area contributed by atoms with Gasteiger partial charge in [0.1, 0.15) is 17.4 Å². The van der Waals surface area contributed by atoms with Crippen molar-refractivity contribution in [3.63, 3.8) is 0 Å². The molecule has 24 heavy (non-hydrogen) atoms. The van der Waals surface area contributed by atoms with Gasteiger partial charge in [-0.05, 0) is 32.3 Å². The molecule has 0 aliphatic carbocycles. The van der Waals surface area contributed by atoms with Gasteiger partial charge >= 0.3 is 0 Å². The van der Waals surface area contributed by atoms with Gasteiger partial charge in [-0.2, -0.15) is 0 Å². The summed E-state index contributed by atoms with van der Waals surface area (Å²) in [4.78, 5) is 14.1. The number of benzene rings is 2. The Hall–Kier alpha value is -2.47. The number of hydrogen-bond acceptors (Lipinski definition) is 3. The second-order valence-electron chi connectivity index (χ2n) is 5.59. The summed E-state index contributed by atoms with van der Waals surface area (Å²) in [6, 6.07) is 10.1. The number of halogens is 2. The Bertz CT molecular complexity index is 700. The fourth-order valence-electron chi connectivity index (χ4n) is 2.49. The normalized spacial score (nSPS) is 12.1. The number of rotatable bonds is 6. The molecule has 1 amide bonds. The second kappa shape index (κ2) is 7.88. The van der Waals surface area contributed by atoms with E-state index in [-0.39, 0.29) is 18.2 Å². The molecule has 0 bridgehead atoms. The minimum Gasteiger partial charge on any atom is -0.496 e. The van der Waals surface area contributed by atoms with Gasteiger partial charge in [0.05, 0.1) is 13.2 Å². The van der Waals surface area contributed by atoms with Crippen molar-refractivity contribution in [2.24, 2.45) is 0 Å². The molecule has 128 valence electrons. The van der Waals surface area contributed by atoms with Crippen LogP contribution in [0, 0.1) is 11.6 Å². The minimum atomic E-state index is -0.783. The van der Waals surface area contributed by atoms with E-state index in [1.807, 2.05) is 43.3 Å². The molecule has 0 fully saturated rings. The Morgan fingerprint density at radius 2 is 1.79 bits per heavy atom. The van der Waals surface area contributed by atoms with Crippen molar-refractivity contribution in [2.75, 3.05) is 27.7 Å². The molecule has 0 spiro atoms. The lowest BCUT2D eigenvalue weighted by Gasteiger charge is -2.26. The zero-order chi connectivity index (χ0) is 17.7. The number of para-hydroxylation sites is 1. The highest BCUT2D eigenvalue weighted by Gasteiger charge is 2.19. The molecule has 0 saturated carbocycles. The zero-order valence-electron chi connectivity index (χ0n) is 13.8. The predicted octanol–water partition coefficient (Wildman–Crippen LogP) is 3.01. The number of nitrogens with zero attached hydrogens (tertiary/aromatic N) is 1. The predicted molar refractivity (Wildman–Crippen MR) is 88.1 cm³/mol. The molecule has 1 N–H and O–H groups in total. The van der Waals surface area contributed by atoms with Gasteiger partial charge in [-0.1, -0.05) is 18.2 Å². The number of likely N-dealkylation sites (N-methyl/N-ethyl adjacent to an activating group) is 1. The van der Waals surface area contributed by atoms with Crippen molar-refractivity contribution < 1.29 is 18.3 Å². The molecule has 0 aromatic heterocycles. The van der Waals surface area contributed by atoms with E-state index in [9.17, 15) is 13.6 Å². The highest BCUT2D eigenvalue weighted by atomic mass is 19.1. The van der Waals surface area contributed by atoms with Crippen LogP contribution in [0.2, 0.25) is 0 Å². The Balaban J connectivity index is 2.15. The third kappa shape index (κ3) is 4.29. The summed E-state index contributed by atoms with van der Waals surface area (Å²) in [6.07, 6.45) is 0. The Kier molecular flexibility index (Phi) is 5.87. The number of carbonyl (C=O) groups is 1. The molecule has 0 saturated heterocycles. The fraction of sp³-hybridized carbons (Fsp3) is 0.278. The number of methoxy groups -OCH3 is 1. The van der Waals surface area contributed by atoms with Crippen molar-refractivity contribution >= 4 is 5.91 Å². The smallest absolute Gasteiger partial charge is 0.251 e. The van der Waals surface area contributed by atoms with E-state index in [4.69, 9.17) is 4.74 Å². The van der Waals surface area contributed by atoms with Gasteiger partial charge in [0.15, 0.2) is 0 Å². The van der Waals surface area contributed by atoms with Gasteiger partial charge in [-0.25, -0.2) is 8.78 Å². The van der Waals surface area contributed by atoms with Gasteiger partial charge in [-0.3, -0.25) is 4.79 Å². The van der Waals surface area contributed by atoms with Gasteiger partial charge in [-0.15, -0.1) is 0 Å². The third-order valence-corrected chi connectivity index (χ3v) is 3.70. The monoisotopic (exact) mass is 334 g/mol. The first-order chi connectivity index (χ1) is 11.4. The van der Waals surface area contributed by atoms with Crippen LogP contribution in [0.3, 0.4) is 0 Å². The zero-order valence-corrected chi connectivity index (χ0v) is 13.8. The summed E-state index contributed by atoms with van der Waals surface area (Å²) in [5.74, 6) is -1.39. The molecule has 2 aromatic carbocycles. The van der Waals surface area contributed by atoms with E-state index < -0.39 is 17.5 Å². The van der Waals surface area contributed by atoms with Crippen molar-refractivity contribution in [3.8, 4) is 5.75 Å². The van der Waals surface area contributed by atoms with Crippen LogP contribution in [-0.4, -0.2) is 38.6 Å². The molecule has 2 rings (SSSR count). The van der Waals surface area contributed by atoms with Crippen LogP contribution in [0.5, 0.6) is 5.75 Å². The SMILES string of the molecule is COc1ccccc1C(CNC(=O)c1cc(F)cc(F)c1)N(C)C. The van der Waals surface area contributed by atoms with Gasteiger partial charge in [0.25, 0.3) is 5.91 Å². The van der Waals surface area contributed by atoms with E-state index in [1.165, 1.54) is 0 Å². The largest absolute Gasteiger partial charge is 0.496 e. The van der Waals surface area contributed by atoms with E-state index in [0.717, 1.165) is 23.8 Å². The summed E-state index contributed by atoms with van der Waals surface area (Å²) < 4.78 is 31.8. The maximum absolute atomic E-state index is 13.2. The molecule has 2 aromatic rings. The van der Waals surface area contributed by atoms with Crippen LogP contribution in [0.25, 0.3) is 0 Å². The molecule has 1 unspecified atom stereocenters. The van der Waals surface area contributed by atoms with Crippen molar-refractivity contribution in [1.29, 1.82) is 0 Å². The number of amides is 1. The summed E-state index contributed by atoms with van der Waals surface area (Å²) in [7, 11) is 5.34. The van der Waals surface area contributed by atoms with Crippen LogP contribution >= 0.6 is 0 Å². The lowest BCUT2D eigenvalue weighted by Crippen LogP contribution is -2.34. The number of carbonyl (C=O) groups excluding carboxylic acids is 1. The van der Waals surface area contributed by atoms with E-state index in [0.29, 0.717) is 5.75 Å². The molecule has 4 nitrogen and oxygen atoms in total. The lowest BCUT2D eigenvalue weighted by molar-refractivity contribution is 0.0940. The number of ether oxygens (including phenoxy) is 1. The first-order valence-electron chi connectivity index (χ1n) is 7.46. The summed E-state index contributed by atoms with van der Waals surface area (Å²) in [5, 5.41) is 2.72. The van der Waals surface area contributed by atoms with Crippen LogP contribution in [0.1, 0.15) is 22.0 Å². The molecule has 0 radical (unpaired) electrons. The first kappa shape index (κ1) is 17.9. The quantitative estimate of drug-likeness (QED) is 0.883. The van der Waals surface area contributed by atoms with Crippen LogP contribution in [0.4, 0.5) is 8.78 Å². The standard InChI is InChI=1S/C18H20F2N2O2/c1-22(2)16(15-6-4-5-7-17(15)24-3)11-21-18(23)12-8-13(19)10-14(20)9-12/h4-10,16H,11H2,1-3H3,(H,21,23). The van der Waals surface area contributed by atoms with Crippen molar-refractivity contribution in [1.82, 2.24) is 10.2 Å². The average Bonchev–Trinajstić information content (AvgIpc) is 2.54. The van der Waals surface area contributed by atoms with Gasteiger partial charge in [0.2, 0.25) is 0 Å². The van der Waals surface area contributed by atoms with Crippen molar-refractivity contribution in [3.05, 3.63) is 65.2 Å². The van der Waals surface area contributed by atoms with Gasteiger partial charge < -0.3 is 15.0 Å². The minimum absolute atomic E-state index is 0.0509. The topological polar surface area (TPSA) is 41.6 Å². The molecule has 0 aliphatic heterocycles. The molecule has 1 atom stereocenters. The van der Waals surface area contributed by atoms with Crippen LogP contribution < -0.4 is 10.1 Å². The van der Waals surface area contributed by atoms with E-state index in [1.54, 1.807) is 7.11 Å². The lowest BCUT2D eigenvalue weighted by atomic mass is 10.0. The maximum Gasteiger partial charge on any atom is 0.251 e. The Morgan fingerprint density at radius 1 is 1.17 bits per heavy atom. The molecular weight excluding hydrogens is 314 g/mol. The highest BCUT2D eigenvalue weighted by molar-refractivity contribution is 5.94. The molecule has 0 heterocycles. The Labute approximate surface area is 140 Å². The first-order valence-corrected chi connectivity index (χ1v) is 7.46. The van der Waals surface area contributed by atoms with Crippen LogP contribution in [0.15, 0.2) is 42.5 Å². The fourth-order valence-corrected chi connectivity index (χ4v) is 2.49. The summed E-state index contributed by atoms with van der Waals surface area (Å²) in [6.45, 7) is 0.268. The summed E-state index contributed by atoms with van der Waals surface area (Å²) >= 11 is 0. The number of hydrogen-bond donors (Lipinski definition) is 1. The molecular formula is C18H20F2N2O2. The Morgan fingerprint density at radius 3 is 2.38 bits per heavy atom. The number of nitrogens with one attached hydrogen (secondary N) is 1. The van der Waals surface area contributed by atoms with Crippen molar-refractivity contribution in [2.45, 2.75) is 6.04 Å². The van der Waals surface area contributed by atoms with Gasteiger partial charge in [0, 0.05) is 23.7 Å². The summed E-state index contributed by atoms with van der Waals surface area (Å²) in [5.41, 5.74) is 0.862. The van der Waals surface area contributed by atoms with E-state index >= 15 is 0 Å². The third-order valence-electron chi connectivity index (χ3n) is 3.70. The maximum atomic E-state index is 13.2. The molecule has 6 heteroatoms. The second-order valence-corrected chi connectivity index (χ2v) is 5.59. The van der Waals surface area contributed by atoms with Crippen LogP contribution in [-0.2, 0) is 0 Å². The average molecular weight is 334 g/mol. The highest BCUT2D eigenvalue weighted by Crippen LogP contribution is 2.27.